The zero-order valence-corrected chi connectivity index (χ0v) is 19.7. The van der Waals surface area contributed by atoms with E-state index in [2.05, 4.69) is 38.0 Å². The number of anilines is 1. The summed E-state index contributed by atoms with van der Waals surface area (Å²) in [5.74, 6) is 1.07. The third kappa shape index (κ3) is 6.47. The van der Waals surface area contributed by atoms with Gasteiger partial charge in [-0.25, -0.2) is 12.7 Å². The predicted octanol–water partition coefficient (Wildman–Crippen LogP) is 1.93. The Hall–Kier alpha value is -0.590. The minimum atomic E-state index is -3.03. The van der Waals surface area contributed by atoms with E-state index in [-0.39, 0.29) is 29.7 Å². The lowest BCUT2D eigenvalue weighted by Crippen LogP contribution is -2.48. The van der Waals surface area contributed by atoms with E-state index in [9.17, 15) is 8.42 Å². The van der Waals surface area contributed by atoms with Crippen LogP contribution in [0.25, 0.3) is 0 Å². The Kier molecular flexibility index (Phi) is 9.09. The van der Waals surface area contributed by atoms with Gasteiger partial charge in [-0.1, -0.05) is 0 Å². The van der Waals surface area contributed by atoms with E-state index < -0.39 is 10.0 Å². The van der Waals surface area contributed by atoms with Gasteiger partial charge < -0.3 is 15.5 Å². The fourth-order valence-corrected chi connectivity index (χ4v) is 5.73. The molecule has 27 heavy (non-hydrogen) atoms. The van der Waals surface area contributed by atoms with Gasteiger partial charge >= 0.3 is 0 Å². The normalized spacial score (nSPS) is 21.1. The van der Waals surface area contributed by atoms with Crippen molar-refractivity contribution >= 4 is 56.3 Å². The molecule has 2 aliphatic heterocycles. The van der Waals surface area contributed by atoms with E-state index in [1.54, 1.807) is 15.6 Å². The molecule has 2 aliphatic rings. The van der Waals surface area contributed by atoms with E-state index in [0.717, 1.165) is 44.9 Å². The molecule has 2 saturated heterocycles. The molecule has 2 N–H and O–H groups in total. The zero-order valence-electron chi connectivity index (χ0n) is 15.8. The van der Waals surface area contributed by atoms with Crippen molar-refractivity contribution in [2.75, 3.05) is 49.9 Å². The quantitative estimate of drug-likeness (QED) is 0.336. The lowest BCUT2D eigenvalue weighted by atomic mass is 10.1. The first kappa shape index (κ1) is 22.7. The minimum Gasteiger partial charge on any atom is -0.363 e. The summed E-state index contributed by atoms with van der Waals surface area (Å²) in [6.07, 6.45) is 2.87. The third-order valence-electron chi connectivity index (χ3n) is 4.82. The summed E-state index contributed by atoms with van der Waals surface area (Å²) >= 11 is 1.79. The maximum absolute atomic E-state index is 11.9. The molecule has 0 aliphatic carbocycles. The van der Waals surface area contributed by atoms with E-state index >= 15 is 0 Å². The Morgan fingerprint density at radius 3 is 2.70 bits per heavy atom. The van der Waals surface area contributed by atoms with Gasteiger partial charge in [-0.15, -0.1) is 35.3 Å². The molecular formula is C17H30IN5O2S2. The highest BCUT2D eigenvalue weighted by Crippen LogP contribution is 2.24. The molecule has 1 aromatic heterocycles. The number of rotatable bonds is 6. The van der Waals surface area contributed by atoms with Crippen molar-refractivity contribution in [3.05, 3.63) is 17.5 Å². The number of hydrogen-bond donors (Lipinski definition) is 2. The second-order valence-electron chi connectivity index (χ2n) is 6.69. The van der Waals surface area contributed by atoms with Crippen LogP contribution >= 0.6 is 35.3 Å². The van der Waals surface area contributed by atoms with Gasteiger partial charge in [0.2, 0.25) is 10.0 Å². The predicted molar refractivity (Wildman–Crippen MR) is 124 cm³/mol. The van der Waals surface area contributed by atoms with Gasteiger partial charge in [-0.3, -0.25) is 4.99 Å². The number of guanidine groups is 1. The fourth-order valence-electron chi connectivity index (χ4n) is 3.42. The minimum absolute atomic E-state index is 0. The second-order valence-corrected chi connectivity index (χ2v) is 9.70. The molecule has 0 spiro atoms. The number of piperidine rings is 1. The number of halogens is 1. The average molecular weight is 527 g/mol. The molecule has 0 atom stereocenters. The van der Waals surface area contributed by atoms with Crippen molar-refractivity contribution < 1.29 is 8.42 Å². The average Bonchev–Trinajstić information content (AvgIpc) is 3.26. The molecule has 0 bridgehead atoms. The molecule has 0 radical (unpaired) electrons. The first-order valence-corrected chi connectivity index (χ1v) is 11.9. The van der Waals surface area contributed by atoms with Crippen LogP contribution in [-0.4, -0.2) is 69.7 Å². The smallest absolute Gasteiger partial charge is 0.214 e. The van der Waals surface area contributed by atoms with Crippen molar-refractivity contribution in [3.8, 4) is 0 Å². The van der Waals surface area contributed by atoms with Crippen molar-refractivity contribution in [2.24, 2.45) is 4.99 Å². The van der Waals surface area contributed by atoms with Crippen LogP contribution in [0.5, 0.6) is 0 Å². The van der Waals surface area contributed by atoms with E-state index in [0.29, 0.717) is 25.7 Å². The molecule has 0 saturated carbocycles. The Morgan fingerprint density at radius 1 is 1.33 bits per heavy atom. The highest BCUT2D eigenvalue weighted by molar-refractivity contribution is 14.0. The molecule has 3 rings (SSSR count). The Morgan fingerprint density at radius 2 is 2.11 bits per heavy atom. The largest absolute Gasteiger partial charge is 0.363 e. The zero-order chi connectivity index (χ0) is 18.4. The van der Waals surface area contributed by atoms with Crippen molar-refractivity contribution in [3.63, 3.8) is 0 Å². The highest BCUT2D eigenvalue weighted by atomic mass is 127. The lowest BCUT2D eigenvalue weighted by Gasteiger charge is -2.33. The maximum Gasteiger partial charge on any atom is 0.214 e. The number of aliphatic imine (C=N–C) groups is 1. The number of sulfonamides is 1. The standard InChI is InChI=1S/C17H29N5O2S2.HI/c1-2-18-17(19-8-12-22-9-4-14-26(22,23)24)20-15-6-10-21(11-7-15)16-5-3-13-25-16;/h3,5,13,15H,2,4,6-12,14H2,1H3,(H2,18,19,20);1H. The summed E-state index contributed by atoms with van der Waals surface area (Å²) < 4.78 is 25.3. The van der Waals surface area contributed by atoms with Crippen LogP contribution in [0.2, 0.25) is 0 Å². The SMILES string of the molecule is CCNC(=NCCN1CCCS1(=O)=O)NC1CCN(c2cccs2)CC1.I. The van der Waals surface area contributed by atoms with Crippen LogP contribution in [-0.2, 0) is 10.0 Å². The fraction of sp³-hybridized carbons (Fsp3) is 0.706. The Bertz CT molecular complexity index is 688. The van der Waals surface area contributed by atoms with Gasteiger partial charge in [-0.05, 0) is 43.7 Å². The van der Waals surface area contributed by atoms with Crippen LogP contribution < -0.4 is 15.5 Å². The van der Waals surface area contributed by atoms with E-state index in [4.69, 9.17) is 0 Å². The second kappa shape index (κ2) is 10.8. The number of nitrogens with one attached hydrogen (secondary N) is 2. The molecule has 154 valence electrons. The topological polar surface area (TPSA) is 77.0 Å². The first-order chi connectivity index (χ1) is 12.6. The Balaban J connectivity index is 0.00000261. The van der Waals surface area contributed by atoms with E-state index in [1.165, 1.54) is 5.00 Å². The monoisotopic (exact) mass is 527 g/mol. The van der Waals surface area contributed by atoms with Crippen molar-refractivity contribution in [1.29, 1.82) is 0 Å². The van der Waals surface area contributed by atoms with Crippen LogP contribution in [0.1, 0.15) is 26.2 Å². The van der Waals surface area contributed by atoms with Gasteiger partial charge in [0.15, 0.2) is 5.96 Å². The first-order valence-electron chi connectivity index (χ1n) is 9.39. The number of hydrogen-bond acceptors (Lipinski definition) is 5. The summed E-state index contributed by atoms with van der Waals surface area (Å²) in [5, 5.41) is 10.3. The van der Waals surface area contributed by atoms with Gasteiger partial charge in [-0.2, -0.15) is 0 Å². The van der Waals surface area contributed by atoms with Crippen molar-refractivity contribution in [2.45, 2.75) is 32.2 Å². The van der Waals surface area contributed by atoms with Gasteiger partial charge in [0.05, 0.1) is 17.3 Å². The maximum atomic E-state index is 11.9. The van der Waals surface area contributed by atoms with Crippen LogP contribution in [0.4, 0.5) is 5.00 Å². The van der Waals surface area contributed by atoms with Crippen LogP contribution in [0.3, 0.4) is 0 Å². The van der Waals surface area contributed by atoms with Crippen LogP contribution in [0, 0.1) is 0 Å². The molecule has 2 fully saturated rings. The van der Waals surface area contributed by atoms with Crippen molar-refractivity contribution in [1.82, 2.24) is 14.9 Å². The molecule has 7 nitrogen and oxygen atoms in total. The summed E-state index contributed by atoms with van der Waals surface area (Å²) in [7, 11) is -3.03. The molecule has 0 unspecified atom stereocenters. The number of thiophene rings is 1. The van der Waals surface area contributed by atoms with Gasteiger partial charge in [0, 0.05) is 38.8 Å². The summed E-state index contributed by atoms with van der Waals surface area (Å²) in [6.45, 7) is 6.51. The van der Waals surface area contributed by atoms with E-state index in [1.807, 2.05) is 6.92 Å². The molecule has 10 heteroatoms. The summed E-state index contributed by atoms with van der Waals surface area (Å²) in [6, 6.07) is 4.68. The highest BCUT2D eigenvalue weighted by Gasteiger charge is 2.27. The van der Waals surface area contributed by atoms with Gasteiger partial charge in [0.25, 0.3) is 0 Å². The summed E-state index contributed by atoms with van der Waals surface area (Å²) in [5.41, 5.74) is 0. The number of nitrogens with zero attached hydrogens (tertiary/aromatic N) is 3. The molecule has 1 aromatic rings. The molecule has 0 aromatic carbocycles. The Labute approximate surface area is 183 Å². The van der Waals surface area contributed by atoms with Crippen LogP contribution in [0.15, 0.2) is 22.5 Å². The molecule has 0 amide bonds. The van der Waals surface area contributed by atoms with Gasteiger partial charge in [0.1, 0.15) is 0 Å². The molecular weight excluding hydrogens is 497 g/mol. The lowest BCUT2D eigenvalue weighted by molar-refractivity contribution is 0.448. The third-order valence-corrected chi connectivity index (χ3v) is 7.71. The molecule has 3 heterocycles. The summed E-state index contributed by atoms with van der Waals surface area (Å²) in [4.78, 5) is 7.02.